The van der Waals surface area contributed by atoms with Crippen molar-refractivity contribution in [3.63, 3.8) is 0 Å². The molecule has 1 saturated heterocycles. The molecule has 0 saturated carbocycles. The Morgan fingerprint density at radius 1 is 1.85 bits per heavy atom. The van der Waals surface area contributed by atoms with Gasteiger partial charge in [-0.05, 0) is 24.7 Å². The number of thiocarbonyl (C=S) groups is 1. The summed E-state index contributed by atoms with van der Waals surface area (Å²) in [6.45, 7) is 5.99. The summed E-state index contributed by atoms with van der Waals surface area (Å²) in [7, 11) is 0. The summed E-state index contributed by atoms with van der Waals surface area (Å²) in [6, 6.07) is 0. The van der Waals surface area contributed by atoms with Crippen LogP contribution in [0.15, 0.2) is 12.2 Å². The van der Waals surface area contributed by atoms with E-state index in [9.17, 15) is 4.79 Å². The van der Waals surface area contributed by atoms with Gasteiger partial charge in [0.05, 0.1) is 5.25 Å². The van der Waals surface area contributed by atoms with Gasteiger partial charge < -0.3 is 4.74 Å². The maximum absolute atomic E-state index is 10.9. The Kier molecular flexibility index (Phi) is 4.28. The molecular formula is C8H10O2S3. The summed E-state index contributed by atoms with van der Waals surface area (Å²) in [5.41, 5.74) is 0.761. The third kappa shape index (κ3) is 3.70. The van der Waals surface area contributed by atoms with Crippen molar-refractivity contribution < 1.29 is 9.53 Å². The molecule has 0 amide bonds. The van der Waals surface area contributed by atoms with E-state index in [-0.39, 0.29) is 9.70 Å². The van der Waals surface area contributed by atoms with Crippen LogP contribution in [0.1, 0.15) is 6.92 Å². The minimum absolute atomic E-state index is 0.176. The zero-order chi connectivity index (χ0) is 9.84. The second-order valence-electron chi connectivity index (χ2n) is 2.68. The molecule has 1 aliphatic rings. The topological polar surface area (TPSA) is 26.3 Å². The van der Waals surface area contributed by atoms with Gasteiger partial charge in [-0.1, -0.05) is 30.1 Å². The standard InChI is InChI=1S/C8H10O2S3/c1-5(2)7(11)10-3-6-4-12-8(9)13-6/h6H,1,3-4H2,2H3/t6-/m0/s1. The van der Waals surface area contributed by atoms with Crippen molar-refractivity contribution in [2.75, 3.05) is 12.4 Å². The normalized spacial score (nSPS) is 21.6. The average molecular weight is 234 g/mol. The Morgan fingerprint density at radius 3 is 3.00 bits per heavy atom. The monoisotopic (exact) mass is 234 g/mol. The van der Waals surface area contributed by atoms with Crippen LogP contribution in [-0.4, -0.2) is 27.1 Å². The molecule has 0 radical (unpaired) electrons. The van der Waals surface area contributed by atoms with E-state index < -0.39 is 0 Å². The van der Waals surface area contributed by atoms with Gasteiger partial charge in [-0.3, -0.25) is 4.79 Å². The molecule has 0 spiro atoms. The Bertz CT molecular complexity index is 250. The van der Waals surface area contributed by atoms with Crippen molar-refractivity contribution >= 4 is 45.2 Å². The van der Waals surface area contributed by atoms with Crippen LogP contribution in [0.4, 0.5) is 4.79 Å². The molecule has 1 atom stereocenters. The van der Waals surface area contributed by atoms with Gasteiger partial charge in [0.1, 0.15) is 6.61 Å². The van der Waals surface area contributed by atoms with Gasteiger partial charge in [-0.2, -0.15) is 0 Å². The predicted molar refractivity (Wildman–Crippen MR) is 62.6 cm³/mol. The number of thioether (sulfide) groups is 2. The van der Waals surface area contributed by atoms with Gasteiger partial charge in [0.15, 0.2) is 5.05 Å². The SMILES string of the molecule is C=C(C)C(=S)OC[C@H]1CSC(=O)S1. The fourth-order valence-corrected chi connectivity index (χ4v) is 2.99. The van der Waals surface area contributed by atoms with Crippen LogP contribution in [0, 0.1) is 0 Å². The molecule has 2 nitrogen and oxygen atoms in total. The minimum atomic E-state index is 0.176. The van der Waals surface area contributed by atoms with E-state index >= 15 is 0 Å². The van der Waals surface area contributed by atoms with Crippen molar-refractivity contribution in [1.82, 2.24) is 0 Å². The molecule has 0 aromatic rings. The van der Waals surface area contributed by atoms with Crippen LogP contribution in [0.25, 0.3) is 0 Å². The smallest absolute Gasteiger partial charge is 0.246 e. The molecule has 0 aromatic heterocycles. The quantitative estimate of drug-likeness (QED) is 0.552. The summed E-state index contributed by atoms with van der Waals surface area (Å²) in [4.78, 5) is 10.9. The molecule has 0 aromatic carbocycles. The fourth-order valence-electron chi connectivity index (χ4n) is 0.739. The first kappa shape index (κ1) is 11.1. The summed E-state index contributed by atoms with van der Waals surface area (Å²) in [5.74, 6) is 0.822. The predicted octanol–water partition coefficient (Wildman–Crippen LogP) is 2.88. The van der Waals surface area contributed by atoms with Crippen molar-refractivity contribution in [2.24, 2.45) is 0 Å². The second-order valence-corrected chi connectivity index (χ2v) is 5.57. The third-order valence-corrected chi connectivity index (χ3v) is 4.35. The molecule has 0 bridgehead atoms. The Hall–Kier alpha value is -0.0000000000000000555. The van der Waals surface area contributed by atoms with Crippen LogP contribution < -0.4 is 0 Å². The van der Waals surface area contributed by atoms with Gasteiger partial charge >= 0.3 is 0 Å². The zero-order valence-electron chi connectivity index (χ0n) is 7.24. The zero-order valence-corrected chi connectivity index (χ0v) is 9.69. The Balaban J connectivity index is 2.23. The van der Waals surface area contributed by atoms with Gasteiger partial charge in [0.2, 0.25) is 4.45 Å². The van der Waals surface area contributed by atoms with E-state index in [1.807, 2.05) is 6.92 Å². The second kappa shape index (κ2) is 5.02. The highest BCUT2D eigenvalue weighted by Gasteiger charge is 2.24. The van der Waals surface area contributed by atoms with Gasteiger partial charge in [0.25, 0.3) is 0 Å². The van der Waals surface area contributed by atoms with Crippen LogP contribution in [-0.2, 0) is 4.74 Å². The molecule has 1 rings (SSSR count). The van der Waals surface area contributed by atoms with E-state index in [1.54, 1.807) is 0 Å². The maximum atomic E-state index is 10.9. The number of rotatable bonds is 3. The Labute approximate surface area is 91.5 Å². The molecule has 5 heteroatoms. The van der Waals surface area contributed by atoms with Crippen molar-refractivity contribution in [3.05, 3.63) is 12.2 Å². The average Bonchev–Trinajstić information content (AvgIpc) is 2.47. The summed E-state index contributed by atoms with van der Waals surface area (Å²) in [6.07, 6.45) is 0. The highest BCUT2D eigenvalue weighted by molar-refractivity contribution is 8.41. The van der Waals surface area contributed by atoms with Crippen LogP contribution in [0.2, 0.25) is 0 Å². The number of carbonyl (C=O) groups is 1. The lowest BCUT2D eigenvalue weighted by molar-refractivity contribution is 0.276. The lowest BCUT2D eigenvalue weighted by Gasteiger charge is -2.09. The summed E-state index contributed by atoms with van der Waals surface area (Å²) < 4.78 is 5.46. The van der Waals surface area contributed by atoms with Crippen molar-refractivity contribution in [3.8, 4) is 0 Å². The number of carbonyl (C=O) groups excluding carboxylic acids is 1. The summed E-state index contributed by atoms with van der Waals surface area (Å²) >= 11 is 7.59. The van der Waals surface area contributed by atoms with Crippen molar-refractivity contribution in [1.29, 1.82) is 0 Å². The third-order valence-electron chi connectivity index (χ3n) is 1.40. The lowest BCUT2D eigenvalue weighted by atomic mass is 10.4. The highest BCUT2D eigenvalue weighted by Crippen LogP contribution is 2.32. The van der Waals surface area contributed by atoms with Gasteiger partial charge in [-0.15, -0.1) is 0 Å². The molecule has 0 N–H and O–H groups in total. The minimum Gasteiger partial charge on any atom is -0.482 e. The Morgan fingerprint density at radius 2 is 2.54 bits per heavy atom. The van der Waals surface area contributed by atoms with Crippen LogP contribution in [0.3, 0.4) is 0 Å². The van der Waals surface area contributed by atoms with E-state index in [0.717, 1.165) is 11.3 Å². The molecule has 72 valence electrons. The van der Waals surface area contributed by atoms with Gasteiger partial charge in [0, 0.05) is 5.75 Å². The fraction of sp³-hybridized carbons (Fsp3) is 0.500. The molecule has 0 unspecified atom stereocenters. The molecule has 0 aliphatic carbocycles. The lowest BCUT2D eigenvalue weighted by Crippen LogP contribution is -2.14. The number of hydrogen-bond donors (Lipinski definition) is 0. The number of hydrogen-bond acceptors (Lipinski definition) is 5. The first-order valence-electron chi connectivity index (χ1n) is 3.75. The van der Waals surface area contributed by atoms with E-state index in [1.165, 1.54) is 23.5 Å². The molecule has 1 aliphatic heterocycles. The number of ether oxygens (including phenoxy) is 1. The molecule has 13 heavy (non-hydrogen) atoms. The van der Waals surface area contributed by atoms with Gasteiger partial charge in [-0.25, -0.2) is 0 Å². The first-order valence-corrected chi connectivity index (χ1v) is 6.03. The largest absolute Gasteiger partial charge is 0.482 e. The molecule has 1 fully saturated rings. The molecule has 1 heterocycles. The van der Waals surface area contributed by atoms with Crippen LogP contribution in [0.5, 0.6) is 0 Å². The van der Waals surface area contributed by atoms with Crippen molar-refractivity contribution in [2.45, 2.75) is 12.2 Å². The highest BCUT2D eigenvalue weighted by atomic mass is 32.2. The van der Waals surface area contributed by atoms with E-state index in [2.05, 4.69) is 6.58 Å². The maximum Gasteiger partial charge on any atom is 0.246 e. The first-order chi connectivity index (χ1) is 6.09. The molecular weight excluding hydrogens is 224 g/mol. The van der Waals surface area contributed by atoms with E-state index in [4.69, 9.17) is 17.0 Å². The van der Waals surface area contributed by atoms with Crippen LogP contribution >= 0.6 is 35.7 Å². The van der Waals surface area contributed by atoms with E-state index in [0.29, 0.717) is 11.7 Å². The summed E-state index contributed by atoms with van der Waals surface area (Å²) in [5, 5.41) is 0.694.